The molecule has 0 N–H and O–H groups in total. The molecule has 2 rings (SSSR count). The van der Waals surface area contributed by atoms with Gasteiger partial charge >= 0.3 is 23.9 Å². The van der Waals surface area contributed by atoms with Crippen molar-refractivity contribution in [3.63, 3.8) is 0 Å². The van der Waals surface area contributed by atoms with Gasteiger partial charge in [0.05, 0.1) is 24.7 Å². The van der Waals surface area contributed by atoms with E-state index in [1.165, 1.54) is 0 Å². The molecule has 0 spiro atoms. The molecule has 25 heavy (non-hydrogen) atoms. The first-order valence-corrected chi connectivity index (χ1v) is 11.1. The van der Waals surface area contributed by atoms with Crippen LogP contribution in [0.15, 0.2) is 11.6 Å². The standard InChI is InChI=1S/C16H21BIO6P/c1-16(2,8-25-17-18)7-9(3-10-5-12(19)23-14(10)21)4-11-6-13(20)24-15(11)22/h7,10-11,17,25H,3-6,8H2,1-2H3. The Balaban J connectivity index is 2.15. The Bertz CT molecular complexity index is 578. The summed E-state index contributed by atoms with van der Waals surface area (Å²) in [5, 5.41) is 0. The van der Waals surface area contributed by atoms with Crippen molar-refractivity contribution >= 4 is 59.6 Å². The summed E-state index contributed by atoms with van der Waals surface area (Å²) >= 11 is 2.35. The number of carbonyl (C=O) groups is 4. The van der Waals surface area contributed by atoms with Crippen LogP contribution in [0.25, 0.3) is 0 Å². The van der Waals surface area contributed by atoms with Crippen molar-refractivity contribution in [3.05, 3.63) is 11.6 Å². The zero-order chi connectivity index (χ0) is 18.6. The van der Waals surface area contributed by atoms with Crippen molar-refractivity contribution in [2.75, 3.05) is 6.16 Å². The molecule has 0 aromatic heterocycles. The molecule has 0 aliphatic carbocycles. The second-order valence-corrected chi connectivity index (χ2v) is 10.6. The van der Waals surface area contributed by atoms with Crippen LogP contribution in [-0.2, 0) is 28.7 Å². The molecule has 3 unspecified atom stereocenters. The largest absolute Gasteiger partial charge is 0.393 e. The van der Waals surface area contributed by atoms with E-state index in [2.05, 4.69) is 51.8 Å². The summed E-state index contributed by atoms with van der Waals surface area (Å²) in [4.78, 5) is 47.3. The van der Waals surface area contributed by atoms with Crippen LogP contribution in [0.3, 0.4) is 0 Å². The molecule has 0 radical (unpaired) electrons. The molecule has 6 nitrogen and oxygen atoms in total. The van der Waals surface area contributed by atoms with Crippen molar-refractivity contribution < 1.29 is 28.7 Å². The average Bonchev–Trinajstić information content (AvgIpc) is 2.97. The Labute approximate surface area is 162 Å². The van der Waals surface area contributed by atoms with Crippen LogP contribution in [0.5, 0.6) is 0 Å². The fraction of sp³-hybridized carbons (Fsp3) is 0.625. The number of esters is 4. The third-order valence-electron chi connectivity index (χ3n) is 4.21. The van der Waals surface area contributed by atoms with Crippen molar-refractivity contribution in [1.29, 1.82) is 0 Å². The Morgan fingerprint density at radius 1 is 1.12 bits per heavy atom. The summed E-state index contributed by atoms with van der Waals surface area (Å²) in [5.41, 5.74) is 0.828. The van der Waals surface area contributed by atoms with Gasteiger partial charge in [0.25, 0.3) is 0 Å². The Morgan fingerprint density at radius 3 is 1.96 bits per heavy atom. The monoisotopic (exact) mass is 478 g/mol. The maximum Gasteiger partial charge on any atom is 0.317 e. The van der Waals surface area contributed by atoms with Gasteiger partial charge in [0.15, 0.2) is 0 Å². The van der Waals surface area contributed by atoms with Crippen LogP contribution in [0.1, 0.15) is 39.5 Å². The molecule has 9 heteroatoms. The number of halogens is 1. The molecule has 2 fully saturated rings. The van der Waals surface area contributed by atoms with E-state index in [0.717, 1.165) is 25.0 Å². The van der Waals surface area contributed by atoms with Crippen LogP contribution in [0, 0.1) is 17.3 Å². The van der Waals surface area contributed by atoms with Crippen LogP contribution in [0.2, 0.25) is 0 Å². The highest BCUT2D eigenvalue weighted by Crippen LogP contribution is 2.35. The molecule has 0 aromatic rings. The second kappa shape index (κ2) is 8.76. The lowest BCUT2D eigenvalue weighted by atomic mass is 9.84. The molecule has 0 amide bonds. The molecular formula is C16H21BIO6P. The third-order valence-corrected chi connectivity index (χ3v) is 7.18. The molecule has 2 saturated heterocycles. The van der Waals surface area contributed by atoms with E-state index >= 15 is 0 Å². The van der Waals surface area contributed by atoms with Gasteiger partial charge in [0.2, 0.25) is 4.86 Å². The minimum absolute atomic E-state index is 0.0696. The zero-order valence-corrected chi connectivity index (χ0v) is 17.5. The van der Waals surface area contributed by atoms with Gasteiger partial charge in [-0.2, -0.15) is 0 Å². The smallest absolute Gasteiger partial charge is 0.317 e. The topological polar surface area (TPSA) is 86.7 Å². The van der Waals surface area contributed by atoms with Gasteiger partial charge in [-0.3, -0.25) is 19.2 Å². The van der Waals surface area contributed by atoms with Gasteiger partial charge in [-0.1, -0.05) is 25.5 Å². The minimum Gasteiger partial charge on any atom is -0.393 e. The first kappa shape index (κ1) is 20.6. The van der Waals surface area contributed by atoms with Gasteiger partial charge in [-0.05, 0) is 24.4 Å². The van der Waals surface area contributed by atoms with Crippen molar-refractivity contribution in [2.45, 2.75) is 39.5 Å². The summed E-state index contributed by atoms with van der Waals surface area (Å²) in [6.45, 7) is 4.23. The minimum atomic E-state index is -0.507. The fourth-order valence-corrected chi connectivity index (χ4v) is 4.81. The SMILES string of the molecule is CC(C)(C=C(CC1CC(=O)OC1=O)CC1CC(=O)OC1=O)CPBI. The first-order valence-electron chi connectivity index (χ1n) is 8.16. The molecule has 2 aliphatic heterocycles. The number of cyclic esters (lactones) is 4. The number of hydrogen-bond acceptors (Lipinski definition) is 6. The first-order chi connectivity index (χ1) is 11.7. The molecule has 2 heterocycles. The molecule has 3 atom stereocenters. The van der Waals surface area contributed by atoms with Crippen molar-refractivity contribution in [2.24, 2.45) is 17.3 Å². The Hall–Kier alpha value is -0.755. The van der Waals surface area contributed by atoms with E-state index in [1.807, 2.05) is 0 Å². The van der Waals surface area contributed by atoms with Gasteiger partial charge in [-0.25, -0.2) is 0 Å². The van der Waals surface area contributed by atoms with E-state index in [1.54, 1.807) is 0 Å². The maximum atomic E-state index is 11.8. The second-order valence-electron chi connectivity index (χ2n) is 7.15. The molecular weight excluding hydrogens is 457 g/mol. The van der Waals surface area contributed by atoms with E-state index in [0.29, 0.717) is 12.8 Å². The van der Waals surface area contributed by atoms with E-state index < -0.39 is 35.7 Å². The van der Waals surface area contributed by atoms with Gasteiger partial charge in [0.1, 0.15) is 0 Å². The van der Waals surface area contributed by atoms with Gasteiger partial charge < -0.3 is 9.47 Å². The highest BCUT2D eigenvalue weighted by atomic mass is 127. The fourth-order valence-electron chi connectivity index (χ4n) is 3.16. The normalized spacial score (nSPS) is 24.0. The molecule has 0 saturated carbocycles. The summed E-state index contributed by atoms with van der Waals surface area (Å²) < 4.78 is 9.25. The predicted molar refractivity (Wildman–Crippen MR) is 104 cm³/mol. The molecule has 136 valence electrons. The Kier molecular flexibility index (Phi) is 7.20. The maximum absolute atomic E-state index is 11.8. The lowest BCUT2D eigenvalue weighted by Crippen LogP contribution is -2.17. The van der Waals surface area contributed by atoms with Crippen LogP contribution in [0.4, 0.5) is 0 Å². The third kappa shape index (κ3) is 6.17. The predicted octanol–water partition coefficient (Wildman–Crippen LogP) is 2.28. The molecule has 0 aromatic carbocycles. The van der Waals surface area contributed by atoms with Crippen LogP contribution < -0.4 is 0 Å². The van der Waals surface area contributed by atoms with Gasteiger partial charge in [-0.15, -0.1) is 30.8 Å². The number of allylic oxidation sites excluding steroid dienone is 2. The number of hydrogen-bond donors (Lipinski definition) is 0. The molecule has 2 aliphatic rings. The van der Waals surface area contributed by atoms with Crippen LogP contribution >= 0.6 is 30.8 Å². The van der Waals surface area contributed by atoms with E-state index in [9.17, 15) is 19.2 Å². The van der Waals surface area contributed by atoms with Crippen molar-refractivity contribution in [1.82, 2.24) is 0 Å². The zero-order valence-electron chi connectivity index (χ0n) is 14.3. The highest BCUT2D eigenvalue weighted by Gasteiger charge is 2.37. The lowest BCUT2D eigenvalue weighted by Gasteiger charge is -2.23. The van der Waals surface area contributed by atoms with E-state index in [4.69, 9.17) is 0 Å². The highest BCUT2D eigenvalue weighted by molar-refractivity contribution is 14.1. The lowest BCUT2D eigenvalue weighted by molar-refractivity contribution is -0.154. The Morgan fingerprint density at radius 2 is 1.60 bits per heavy atom. The number of ether oxygens (including phenoxy) is 2. The quantitative estimate of drug-likeness (QED) is 0.133. The summed E-state index contributed by atoms with van der Waals surface area (Å²) in [5.74, 6) is -3.03. The summed E-state index contributed by atoms with van der Waals surface area (Å²) in [6, 6.07) is 0. The average molecular weight is 478 g/mol. The number of rotatable bonds is 8. The van der Waals surface area contributed by atoms with Crippen molar-refractivity contribution in [3.8, 4) is 0 Å². The summed E-state index contributed by atoms with van der Waals surface area (Å²) in [7, 11) is 0.816. The van der Waals surface area contributed by atoms with E-state index in [-0.39, 0.29) is 18.3 Å². The van der Waals surface area contributed by atoms with Gasteiger partial charge in [0, 0.05) is 0 Å². The summed E-state index contributed by atoms with van der Waals surface area (Å²) in [6.07, 6.45) is 3.99. The van der Waals surface area contributed by atoms with Crippen LogP contribution in [-0.4, -0.2) is 34.9 Å². The number of carbonyl (C=O) groups excluding carboxylic acids is 4. The molecule has 0 bridgehead atoms.